The molecule has 1 aromatic heterocycles. The molecule has 0 radical (unpaired) electrons. The number of carbonyl (C=O) groups is 1. The van der Waals surface area contributed by atoms with E-state index in [0.717, 1.165) is 23.0 Å². The fourth-order valence-electron chi connectivity index (χ4n) is 4.04. The predicted molar refractivity (Wildman–Crippen MR) is 122 cm³/mol. The highest BCUT2D eigenvalue weighted by Crippen LogP contribution is 2.43. The molecule has 0 spiro atoms. The monoisotopic (exact) mass is 511 g/mol. The number of esters is 1. The Morgan fingerprint density at radius 3 is 2.79 bits per heavy atom. The van der Waals surface area contributed by atoms with E-state index in [9.17, 15) is 17.6 Å². The molecule has 2 aliphatic rings. The summed E-state index contributed by atoms with van der Waals surface area (Å²) in [6, 6.07) is 2.25. The molecule has 0 bridgehead atoms. The number of fused-ring (bicyclic) bond motifs is 1. The topological polar surface area (TPSA) is 116 Å². The molecule has 2 aliphatic heterocycles. The van der Waals surface area contributed by atoms with Gasteiger partial charge in [-0.05, 0) is 12.1 Å². The van der Waals surface area contributed by atoms with Gasteiger partial charge in [0.25, 0.3) is 0 Å². The molecule has 2 atom stereocenters. The zero-order chi connectivity index (χ0) is 23.9. The van der Waals surface area contributed by atoms with Crippen molar-refractivity contribution >= 4 is 51.1 Å². The minimum absolute atomic E-state index is 0.0875. The van der Waals surface area contributed by atoms with Crippen LogP contribution in [0.4, 0.5) is 4.39 Å². The number of amidine groups is 1. The molecule has 174 valence electrons. The molecule has 4 rings (SSSR count). The number of rotatable bonds is 6. The van der Waals surface area contributed by atoms with Gasteiger partial charge < -0.3 is 9.64 Å². The van der Waals surface area contributed by atoms with Crippen LogP contribution in [0.1, 0.15) is 23.0 Å². The van der Waals surface area contributed by atoms with Crippen molar-refractivity contribution in [3.8, 4) is 0 Å². The van der Waals surface area contributed by atoms with Gasteiger partial charge >= 0.3 is 5.97 Å². The smallest absolute Gasteiger partial charge is 0.338 e. The van der Waals surface area contributed by atoms with Gasteiger partial charge in [0, 0.05) is 40.8 Å². The van der Waals surface area contributed by atoms with E-state index in [1.165, 1.54) is 30.6 Å². The highest BCUT2D eigenvalue weighted by Gasteiger charge is 2.44. The zero-order valence-corrected chi connectivity index (χ0v) is 19.9. The maximum Gasteiger partial charge on any atom is 0.338 e. The number of sulfonamides is 1. The number of nitrogens with one attached hydrogen (secondary N) is 1. The first kappa shape index (κ1) is 23.3. The van der Waals surface area contributed by atoms with E-state index in [-0.39, 0.29) is 23.6 Å². The summed E-state index contributed by atoms with van der Waals surface area (Å²) >= 11 is 7.65. The van der Waals surface area contributed by atoms with Crippen LogP contribution >= 0.6 is 22.9 Å². The fraction of sp³-hybridized carbons (Fsp3) is 0.300. The number of aliphatic imine (C=N–C) groups is 1. The van der Waals surface area contributed by atoms with Gasteiger partial charge in [-0.15, -0.1) is 11.3 Å². The molecule has 33 heavy (non-hydrogen) atoms. The van der Waals surface area contributed by atoms with E-state index in [1.54, 1.807) is 16.5 Å². The Labute approximate surface area is 198 Å². The second-order valence-electron chi connectivity index (χ2n) is 7.40. The van der Waals surface area contributed by atoms with Crippen molar-refractivity contribution in [3.63, 3.8) is 0 Å². The van der Waals surface area contributed by atoms with Gasteiger partial charge in [-0.25, -0.2) is 22.6 Å². The van der Waals surface area contributed by atoms with Crippen LogP contribution in [0.5, 0.6) is 0 Å². The van der Waals surface area contributed by atoms with Crippen molar-refractivity contribution in [2.45, 2.75) is 18.5 Å². The van der Waals surface area contributed by atoms with Crippen LogP contribution in [-0.2, 0) is 19.6 Å². The lowest BCUT2D eigenvalue weighted by Crippen LogP contribution is -2.41. The Kier molecular flexibility index (Phi) is 6.25. The van der Waals surface area contributed by atoms with Crippen LogP contribution in [0, 0.1) is 11.2 Å². The number of methoxy groups -OCH3 is 1. The Morgan fingerprint density at radius 2 is 2.21 bits per heavy atom. The van der Waals surface area contributed by atoms with Crippen LogP contribution in [-0.4, -0.2) is 66.7 Å². The molecule has 13 heteroatoms. The molecule has 1 N–H and O–H groups in total. The normalized spacial score (nSPS) is 20.4. The summed E-state index contributed by atoms with van der Waals surface area (Å²) in [6.07, 6.45) is 3.51. The number of hydrogen-bond donors (Lipinski definition) is 1. The fourth-order valence-corrected chi connectivity index (χ4v) is 5.82. The second-order valence-corrected chi connectivity index (χ2v) is 10.6. The van der Waals surface area contributed by atoms with Gasteiger partial charge in [0.05, 0.1) is 31.3 Å². The first-order valence-corrected chi connectivity index (χ1v) is 12.8. The molecular formula is C20H19ClFN5O4S2. The minimum atomic E-state index is -3.72. The van der Waals surface area contributed by atoms with Gasteiger partial charge in [0.1, 0.15) is 11.9 Å². The minimum Gasteiger partial charge on any atom is -0.466 e. The maximum absolute atomic E-state index is 13.7. The van der Waals surface area contributed by atoms with E-state index >= 15 is 0 Å². The molecule has 1 aromatic carbocycles. The number of aromatic nitrogens is 1. The number of carbonyl (C=O) groups excluding carboxylic acids is 1. The number of halogens is 2. The van der Waals surface area contributed by atoms with Gasteiger partial charge in [-0.2, -0.15) is 0 Å². The highest BCUT2D eigenvalue weighted by molar-refractivity contribution is 7.88. The van der Waals surface area contributed by atoms with Gasteiger partial charge in [0.15, 0.2) is 10.8 Å². The first-order valence-electron chi connectivity index (χ1n) is 9.66. The summed E-state index contributed by atoms with van der Waals surface area (Å²) in [4.78, 5) is 23.7. The molecule has 1 saturated heterocycles. The third-order valence-corrected chi connectivity index (χ3v) is 7.66. The van der Waals surface area contributed by atoms with Crippen molar-refractivity contribution in [2.75, 3.05) is 19.9 Å². The molecule has 3 heterocycles. The van der Waals surface area contributed by atoms with E-state index in [4.69, 9.17) is 26.7 Å². The number of benzene rings is 1. The summed E-state index contributed by atoms with van der Waals surface area (Å²) in [5.41, 5.74) is 1.07. The SMILES string of the molecule is COC(=O)C1=C2C[C@H](N(C=N)S(C)(=O)=O)CN2C(c2nccs2)=N[C@H]1c1ccc(F)cc1Cl. The molecule has 0 aliphatic carbocycles. The van der Waals surface area contributed by atoms with E-state index in [2.05, 4.69) is 4.98 Å². The van der Waals surface area contributed by atoms with Crippen LogP contribution in [0.15, 0.2) is 46.0 Å². The third-order valence-electron chi connectivity index (χ3n) is 5.40. The Bertz CT molecular complexity index is 1280. The Hall–Kier alpha value is -2.83. The highest BCUT2D eigenvalue weighted by atomic mass is 35.5. The Morgan fingerprint density at radius 1 is 1.45 bits per heavy atom. The average molecular weight is 512 g/mol. The van der Waals surface area contributed by atoms with Gasteiger partial charge in [-0.3, -0.25) is 14.7 Å². The second kappa shape index (κ2) is 8.84. The summed E-state index contributed by atoms with van der Waals surface area (Å²) in [6.45, 7) is 0.153. The van der Waals surface area contributed by atoms with E-state index in [1.807, 2.05) is 0 Å². The largest absolute Gasteiger partial charge is 0.466 e. The third kappa shape index (κ3) is 4.25. The molecule has 0 saturated carbocycles. The van der Waals surface area contributed by atoms with Gasteiger partial charge in [0.2, 0.25) is 10.0 Å². The van der Waals surface area contributed by atoms with Gasteiger partial charge in [-0.1, -0.05) is 17.7 Å². The number of thiazole rings is 1. The lowest BCUT2D eigenvalue weighted by atomic mass is 9.94. The average Bonchev–Trinajstić information content (AvgIpc) is 3.42. The molecule has 2 aromatic rings. The van der Waals surface area contributed by atoms with E-state index < -0.39 is 33.9 Å². The van der Waals surface area contributed by atoms with Crippen LogP contribution in [0.3, 0.4) is 0 Å². The molecule has 1 fully saturated rings. The van der Waals surface area contributed by atoms with Crippen molar-refractivity contribution in [2.24, 2.45) is 4.99 Å². The molecule has 0 unspecified atom stereocenters. The standard InChI is InChI=1S/C20H19ClFN5O4S2/c1-31-20(28)16-15-8-12(27(10-23)33(2,29)30)9-26(15)18(19-24-5-6-32-19)25-17(16)13-4-3-11(22)7-14(13)21/h3-7,10,12,17,23H,8-9H2,1-2H3/t12-,17-/m0/s1. The van der Waals surface area contributed by atoms with Crippen molar-refractivity contribution < 1.29 is 22.3 Å². The molecule has 9 nitrogen and oxygen atoms in total. The van der Waals surface area contributed by atoms with Crippen molar-refractivity contribution in [3.05, 3.63) is 62.5 Å². The molecule has 0 amide bonds. The summed E-state index contributed by atoms with van der Waals surface area (Å²) < 4.78 is 44.2. The number of nitrogens with zero attached hydrogens (tertiary/aromatic N) is 4. The van der Waals surface area contributed by atoms with Crippen molar-refractivity contribution in [1.29, 1.82) is 5.41 Å². The first-order chi connectivity index (χ1) is 15.7. The Balaban J connectivity index is 1.92. The maximum atomic E-state index is 13.7. The summed E-state index contributed by atoms with van der Waals surface area (Å²) in [7, 11) is -2.49. The van der Waals surface area contributed by atoms with Crippen LogP contribution in [0.2, 0.25) is 5.02 Å². The lowest BCUT2D eigenvalue weighted by Gasteiger charge is -2.31. The van der Waals surface area contributed by atoms with Crippen LogP contribution < -0.4 is 0 Å². The van der Waals surface area contributed by atoms with Crippen LogP contribution in [0.25, 0.3) is 0 Å². The predicted octanol–water partition coefficient (Wildman–Crippen LogP) is 2.81. The van der Waals surface area contributed by atoms with Crippen molar-refractivity contribution in [1.82, 2.24) is 14.2 Å². The zero-order valence-electron chi connectivity index (χ0n) is 17.5. The quantitative estimate of drug-likeness (QED) is 0.362. The van der Waals surface area contributed by atoms with E-state index in [0.29, 0.717) is 22.1 Å². The summed E-state index contributed by atoms with van der Waals surface area (Å²) in [5.74, 6) is -0.768. The summed E-state index contributed by atoms with van der Waals surface area (Å²) in [5, 5.41) is 10.0. The number of ether oxygens (including phenoxy) is 1. The molecular weight excluding hydrogens is 493 g/mol. The number of hydrogen-bond acceptors (Lipinski definition) is 9. The lowest BCUT2D eigenvalue weighted by molar-refractivity contribution is -0.136.